The number of nitrogens with one attached hydrogen (secondary N) is 2. The van der Waals surface area contributed by atoms with Crippen LogP contribution >= 0.6 is 11.3 Å². The number of para-hydroxylation sites is 1. The molecule has 0 saturated carbocycles. The number of carbonyl (C=O) groups excluding carboxylic acids is 3. The van der Waals surface area contributed by atoms with Crippen molar-refractivity contribution in [3.8, 4) is 0 Å². The van der Waals surface area contributed by atoms with Gasteiger partial charge < -0.3 is 19.8 Å². The highest BCUT2D eigenvalue weighted by Crippen LogP contribution is 2.33. The van der Waals surface area contributed by atoms with E-state index < -0.39 is 24.5 Å². The number of fused-ring (bicyclic) bond motifs is 1. The summed E-state index contributed by atoms with van der Waals surface area (Å²) in [5.41, 5.74) is 2.17. The van der Waals surface area contributed by atoms with Crippen LogP contribution in [0.25, 0.3) is 10.9 Å². The minimum Gasteiger partial charge on any atom is -0.462 e. The van der Waals surface area contributed by atoms with Crippen molar-refractivity contribution in [1.29, 1.82) is 0 Å². The number of thiophene rings is 1. The molecule has 3 aromatic rings. The summed E-state index contributed by atoms with van der Waals surface area (Å²) in [6.07, 6.45) is 0. The van der Waals surface area contributed by atoms with Crippen LogP contribution in [0, 0.1) is 13.8 Å². The highest BCUT2D eigenvalue weighted by molar-refractivity contribution is 7.16. The first-order valence-corrected chi connectivity index (χ1v) is 9.54. The molecule has 0 unspecified atom stereocenters. The van der Waals surface area contributed by atoms with Crippen LogP contribution in [-0.4, -0.2) is 36.0 Å². The number of aromatic amines is 1. The molecular formula is C20H20N2O5S. The maximum atomic E-state index is 12.2. The predicted molar refractivity (Wildman–Crippen MR) is 107 cm³/mol. The molecule has 3 rings (SSSR count). The number of hydrogen-bond acceptors (Lipinski definition) is 6. The number of rotatable bonds is 6. The fraction of sp³-hybridized carbons (Fsp3) is 0.250. The number of hydrogen-bond donors (Lipinski definition) is 2. The van der Waals surface area contributed by atoms with Crippen molar-refractivity contribution >= 4 is 45.1 Å². The fourth-order valence-electron chi connectivity index (χ4n) is 2.72. The Balaban J connectivity index is 1.65. The average Bonchev–Trinajstić information content (AvgIpc) is 3.21. The van der Waals surface area contributed by atoms with E-state index in [-0.39, 0.29) is 12.3 Å². The molecule has 1 amide bonds. The number of aromatic nitrogens is 1. The van der Waals surface area contributed by atoms with Crippen molar-refractivity contribution < 1.29 is 23.9 Å². The first kappa shape index (κ1) is 19.6. The molecule has 0 aliphatic rings. The number of benzene rings is 1. The van der Waals surface area contributed by atoms with Gasteiger partial charge in [-0.15, -0.1) is 11.3 Å². The van der Waals surface area contributed by atoms with Crippen molar-refractivity contribution in [3.05, 3.63) is 52.0 Å². The Morgan fingerprint density at radius 3 is 2.57 bits per heavy atom. The molecule has 0 radical (unpaired) electrons. The van der Waals surface area contributed by atoms with E-state index in [1.165, 1.54) is 11.3 Å². The first-order valence-electron chi connectivity index (χ1n) is 8.72. The quantitative estimate of drug-likeness (QED) is 0.613. The third-order valence-corrected chi connectivity index (χ3v) is 5.32. The molecule has 0 aliphatic heterocycles. The molecule has 0 aliphatic carbocycles. The SMILES string of the molecule is CCOC(=O)c1c(NC(=O)COC(=O)c2cc3ccccc3[nH]2)sc(C)c1C. The van der Waals surface area contributed by atoms with Gasteiger partial charge in [-0.05, 0) is 38.5 Å². The van der Waals surface area contributed by atoms with Gasteiger partial charge in [0.05, 0.1) is 12.2 Å². The van der Waals surface area contributed by atoms with E-state index in [1.54, 1.807) is 19.9 Å². The monoisotopic (exact) mass is 400 g/mol. The summed E-state index contributed by atoms with van der Waals surface area (Å²) >= 11 is 1.28. The number of ether oxygens (including phenoxy) is 2. The topological polar surface area (TPSA) is 97.5 Å². The van der Waals surface area contributed by atoms with Gasteiger partial charge in [0, 0.05) is 15.8 Å². The highest BCUT2D eigenvalue weighted by atomic mass is 32.1. The fourth-order valence-corrected chi connectivity index (χ4v) is 3.78. The van der Waals surface area contributed by atoms with E-state index >= 15 is 0 Å². The Morgan fingerprint density at radius 2 is 1.86 bits per heavy atom. The lowest BCUT2D eigenvalue weighted by molar-refractivity contribution is -0.119. The smallest absolute Gasteiger partial charge is 0.355 e. The molecule has 7 nitrogen and oxygen atoms in total. The van der Waals surface area contributed by atoms with Crippen LogP contribution in [0.1, 0.15) is 38.2 Å². The molecule has 0 fully saturated rings. The summed E-state index contributed by atoms with van der Waals surface area (Å²) < 4.78 is 10.1. The minimum atomic E-state index is -0.629. The summed E-state index contributed by atoms with van der Waals surface area (Å²) in [6, 6.07) is 9.10. The molecule has 2 N–H and O–H groups in total. The van der Waals surface area contributed by atoms with E-state index in [0.29, 0.717) is 10.6 Å². The lowest BCUT2D eigenvalue weighted by Crippen LogP contribution is -2.22. The van der Waals surface area contributed by atoms with E-state index in [4.69, 9.17) is 9.47 Å². The van der Waals surface area contributed by atoms with Gasteiger partial charge >= 0.3 is 11.9 Å². The second-order valence-electron chi connectivity index (χ2n) is 6.10. The molecule has 2 aromatic heterocycles. The summed E-state index contributed by atoms with van der Waals surface area (Å²) in [5.74, 6) is -1.65. The highest BCUT2D eigenvalue weighted by Gasteiger charge is 2.22. The normalized spacial score (nSPS) is 10.7. The molecule has 2 heterocycles. The Bertz CT molecular complexity index is 1020. The van der Waals surface area contributed by atoms with Crippen molar-refractivity contribution in [3.63, 3.8) is 0 Å². The Labute approximate surface area is 165 Å². The van der Waals surface area contributed by atoms with Crippen LogP contribution in [0.15, 0.2) is 30.3 Å². The van der Waals surface area contributed by atoms with Gasteiger partial charge in [0.15, 0.2) is 6.61 Å². The maximum absolute atomic E-state index is 12.2. The lowest BCUT2D eigenvalue weighted by atomic mass is 10.1. The molecule has 28 heavy (non-hydrogen) atoms. The first-order chi connectivity index (χ1) is 13.4. The van der Waals surface area contributed by atoms with Gasteiger partial charge in [-0.2, -0.15) is 0 Å². The average molecular weight is 400 g/mol. The van der Waals surface area contributed by atoms with Crippen molar-refractivity contribution in [2.75, 3.05) is 18.5 Å². The van der Waals surface area contributed by atoms with Gasteiger partial charge in [0.25, 0.3) is 5.91 Å². The third-order valence-electron chi connectivity index (χ3n) is 4.20. The zero-order valence-electron chi connectivity index (χ0n) is 15.8. The number of aryl methyl sites for hydroxylation is 1. The van der Waals surface area contributed by atoms with Crippen LogP contribution in [-0.2, 0) is 14.3 Å². The minimum absolute atomic E-state index is 0.239. The Morgan fingerprint density at radius 1 is 1.11 bits per heavy atom. The van der Waals surface area contributed by atoms with Gasteiger partial charge in [-0.25, -0.2) is 9.59 Å². The van der Waals surface area contributed by atoms with E-state index in [1.807, 2.05) is 31.2 Å². The summed E-state index contributed by atoms with van der Waals surface area (Å²) in [7, 11) is 0. The van der Waals surface area contributed by atoms with Crippen LogP contribution in [0.3, 0.4) is 0 Å². The number of esters is 2. The largest absolute Gasteiger partial charge is 0.462 e. The van der Waals surface area contributed by atoms with E-state index in [9.17, 15) is 14.4 Å². The summed E-state index contributed by atoms with van der Waals surface area (Å²) in [4.78, 5) is 40.4. The van der Waals surface area contributed by atoms with Gasteiger partial charge in [0.2, 0.25) is 0 Å². The van der Waals surface area contributed by atoms with E-state index in [2.05, 4.69) is 10.3 Å². The Hall–Kier alpha value is -3.13. The Kier molecular flexibility index (Phi) is 5.79. The number of H-pyrrole nitrogens is 1. The molecule has 0 saturated heterocycles. The summed E-state index contributed by atoms with van der Waals surface area (Å²) in [5, 5.41) is 3.90. The molecular weight excluding hydrogens is 380 g/mol. The second-order valence-corrected chi connectivity index (χ2v) is 7.33. The van der Waals surface area contributed by atoms with E-state index in [0.717, 1.165) is 21.3 Å². The molecule has 146 valence electrons. The van der Waals surface area contributed by atoms with Crippen molar-refractivity contribution in [1.82, 2.24) is 4.98 Å². The molecule has 0 bridgehead atoms. The zero-order chi connectivity index (χ0) is 20.3. The maximum Gasteiger partial charge on any atom is 0.355 e. The molecule has 0 spiro atoms. The van der Waals surface area contributed by atoms with Crippen molar-refractivity contribution in [2.24, 2.45) is 0 Å². The lowest BCUT2D eigenvalue weighted by Gasteiger charge is -2.07. The third kappa shape index (κ3) is 4.07. The number of carbonyl (C=O) groups is 3. The van der Waals surface area contributed by atoms with Gasteiger partial charge in [-0.3, -0.25) is 4.79 Å². The van der Waals surface area contributed by atoms with Gasteiger partial charge in [0.1, 0.15) is 10.7 Å². The molecule has 8 heteroatoms. The van der Waals surface area contributed by atoms with Crippen LogP contribution in [0.2, 0.25) is 0 Å². The predicted octanol–water partition coefficient (Wildman–Crippen LogP) is 3.82. The standard InChI is InChI=1S/C20H20N2O5S/c1-4-26-20(25)17-11(2)12(3)28-18(17)22-16(23)10-27-19(24)15-9-13-7-5-6-8-14(13)21-15/h5-9,21H,4,10H2,1-3H3,(H,22,23). The molecule has 0 atom stereocenters. The second kappa shape index (κ2) is 8.26. The van der Waals surface area contributed by atoms with Crippen LogP contribution in [0.5, 0.6) is 0 Å². The molecule has 1 aromatic carbocycles. The zero-order valence-corrected chi connectivity index (χ0v) is 16.6. The summed E-state index contributed by atoms with van der Waals surface area (Å²) in [6.45, 7) is 5.14. The van der Waals surface area contributed by atoms with Gasteiger partial charge in [-0.1, -0.05) is 18.2 Å². The van der Waals surface area contributed by atoms with Crippen molar-refractivity contribution in [2.45, 2.75) is 20.8 Å². The number of anilines is 1. The van der Waals surface area contributed by atoms with Crippen LogP contribution in [0.4, 0.5) is 5.00 Å². The number of amides is 1. The van der Waals surface area contributed by atoms with Crippen LogP contribution < -0.4 is 5.32 Å².